The van der Waals surface area contributed by atoms with E-state index >= 15 is 0 Å². The summed E-state index contributed by atoms with van der Waals surface area (Å²) in [5, 5.41) is 30.2. The van der Waals surface area contributed by atoms with Crippen molar-refractivity contribution in [3.8, 4) is 0 Å². The van der Waals surface area contributed by atoms with Crippen LogP contribution >= 0.6 is 23.2 Å². The predicted molar refractivity (Wildman–Crippen MR) is 163 cm³/mol. The summed E-state index contributed by atoms with van der Waals surface area (Å²) in [7, 11) is 0. The summed E-state index contributed by atoms with van der Waals surface area (Å²) < 4.78 is 0. The second-order valence-corrected chi connectivity index (χ2v) is 11.3. The van der Waals surface area contributed by atoms with E-state index in [0.717, 1.165) is 141 Å². The molecule has 0 radical (unpaired) electrons. The molecule has 2 atom stereocenters. The van der Waals surface area contributed by atoms with Crippen molar-refractivity contribution in [2.45, 2.75) is 50.6 Å². The van der Waals surface area contributed by atoms with Crippen LogP contribution in [0.1, 0.15) is 36.8 Å². The fraction of sp³-hybridized carbons (Fsp3) is 0.786. The molecule has 1 aromatic rings. The highest BCUT2D eigenvalue weighted by Gasteiger charge is 2.18. The van der Waals surface area contributed by atoms with Crippen LogP contribution in [-0.2, 0) is 12.8 Å². The molecule has 2 aliphatic heterocycles. The molecule has 8 N–H and O–H groups in total. The maximum Gasteiger partial charge on any atom is 0.0627 e. The van der Waals surface area contributed by atoms with Gasteiger partial charge in [0.05, 0.1) is 10.0 Å². The van der Waals surface area contributed by atoms with E-state index in [4.69, 9.17) is 23.2 Å². The molecule has 2 heterocycles. The molecule has 0 aromatic heterocycles. The molecule has 0 bridgehead atoms. The van der Waals surface area contributed by atoms with Crippen LogP contribution in [0.4, 0.5) is 0 Å². The fourth-order valence-electron chi connectivity index (χ4n) is 5.06. The molecular weight excluding hydrogens is 519 g/mol. The molecule has 2 saturated heterocycles. The van der Waals surface area contributed by atoms with Gasteiger partial charge in [0.15, 0.2) is 0 Å². The zero-order valence-corrected chi connectivity index (χ0v) is 24.7. The van der Waals surface area contributed by atoms with Crippen molar-refractivity contribution in [3.63, 3.8) is 0 Å². The molecule has 10 heteroatoms. The van der Waals surface area contributed by atoms with Gasteiger partial charge in [-0.1, -0.05) is 35.3 Å². The minimum Gasteiger partial charge on any atom is -0.315 e. The van der Waals surface area contributed by atoms with Crippen molar-refractivity contribution in [2.24, 2.45) is 0 Å². The molecule has 0 spiro atoms. The molecule has 2 fully saturated rings. The van der Waals surface area contributed by atoms with E-state index in [-0.39, 0.29) is 0 Å². The number of rotatable bonds is 4. The van der Waals surface area contributed by atoms with Crippen molar-refractivity contribution in [1.82, 2.24) is 42.5 Å². The van der Waals surface area contributed by atoms with Gasteiger partial charge >= 0.3 is 0 Å². The molecule has 0 aliphatic carbocycles. The van der Waals surface area contributed by atoms with Crippen LogP contribution in [0.5, 0.6) is 0 Å². The number of halogens is 2. The van der Waals surface area contributed by atoms with E-state index in [0.29, 0.717) is 22.1 Å². The highest BCUT2D eigenvalue weighted by atomic mass is 35.5. The van der Waals surface area contributed by atoms with Gasteiger partial charge in [-0.25, -0.2) is 0 Å². The molecule has 0 amide bonds. The SMILES string of the molecule is Clc1c(CC2CCNCCNCCCNCCN2)ccc(CC2CNCCCNCCNCCCN2)c1Cl. The standard InChI is InChI=1S/C28H52Cl2N8/c29-27-23(20-25-6-13-35-17-16-31-7-1-8-34-18-19-38-25)4-5-24(28(27)30)21-26-22-36-11-2-9-32-14-15-33-10-3-12-37-26/h4-5,25-26,31-38H,1-3,6-22H2. The topological polar surface area (TPSA) is 96.2 Å². The predicted octanol–water partition coefficient (Wildman–Crippen LogP) is 1.12. The lowest BCUT2D eigenvalue weighted by molar-refractivity contribution is 0.446. The van der Waals surface area contributed by atoms with Crippen molar-refractivity contribution < 1.29 is 0 Å². The van der Waals surface area contributed by atoms with Gasteiger partial charge in [0.1, 0.15) is 0 Å². The molecule has 2 unspecified atom stereocenters. The van der Waals surface area contributed by atoms with Crippen LogP contribution in [0.2, 0.25) is 10.0 Å². The number of nitrogens with one attached hydrogen (secondary N) is 8. The van der Waals surface area contributed by atoms with Crippen LogP contribution < -0.4 is 42.5 Å². The Labute approximate surface area is 240 Å². The van der Waals surface area contributed by atoms with E-state index in [9.17, 15) is 0 Å². The molecule has 3 rings (SSSR count). The molecular formula is C28H52Cl2N8. The van der Waals surface area contributed by atoms with Gasteiger partial charge in [-0.2, -0.15) is 0 Å². The number of benzene rings is 1. The van der Waals surface area contributed by atoms with E-state index in [2.05, 4.69) is 54.7 Å². The minimum atomic E-state index is 0.319. The van der Waals surface area contributed by atoms with Crippen LogP contribution in [0.3, 0.4) is 0 Å². The molecule has 218 valence electrons. The second-order valence-electron chi connectivity index (χ2n) is 10.5. The Bertz CT molecular complexity index is 665. The Morgan fingerprint density at radius 1 is 0.500 bits per heavy atom. The van der Waals surface area contributed by atoms with Crippen LogP contribution in [0.25, 0.3) is 0 Å². The maximum atomic E-state index is 6.89. The summed E-state index contributed by atoms with van der Waals surface area (Å²) >= 11 is 13.8. The fourth-order valence-corrected chi connectivity index (χ4v) is 5.58. The molecule has 0 saturated carbocycles. The summed E-state index contributed by atoms with van der Waals surface area (Å²) in [5.41, 5.74) is 2.25. The third-order valence-electron chi connectivity index (χ3n) is 7.30. The smallest absolute Gasteiger partial charge is 0.0627 e. The summed E-state index contributed by atoms with van der Waals surface area (Å²) in [5.74, 6) is 0. The normalized spacial score (nSPS) is 25.2. The zero-order valence-electron chi connectivity index (χ0n) is 23.2. The average molecular weight is 572 g/mol. The molecule has 8 nitrogen and oxygen atoms in total. The van der Waals surface area contributed by atoms with Gasteiger partial charge in [-0.15, -0.1) is 0 Å². The maximum absolute atomic E-state index is 6.89. The molecule has 38 heavy (non-hydrogen) atoms. The highest BCUT2D eigenvalue weighted by molar-refractivity contribution is 6.43. The van der Waals surface area contributed by atoms with Gasteiger partial charge in [0, 0.05) is 57.9 Å². The summed E-state index contributed by atoms with van der Waals surface area (Å²) in [6.07, 6.45) is 6.19. The van der Waals surface area contributed by atoms with Crippen LogP contribution in [-0.4, -0.2) is 104 Å². The van der Waals surface area contributed by atoms with Crippen molar-refractivity contribution in [1.29, 1.82) is 0 Å². The molecule has 2 aliphatic rings. The van der Waals surface area contributed by atoms with Gasteiger partial charge in [-0.3, -0.25) is 0 Å². The lowest BCUT2D eigenvalue weighted by Crippen LogP contribution is -2.42. The van der Waals surface area contributed by atoms with E-state index in [1.54, 1.807) is 0 Å². The summed E-state index contributed by atoms with van der Waals surface area (Å²) in [6.45, 7) is 14.1. The first-order chi connectivity index (χ1) is 18.7. The summed E-state index contributed by atoms with van der Waals surface area (Å²) in [6, 6.07) is 5.06. The van der Waals surface area contributed by atoms with Crippen molar-refractivity contribution in [3.05, 3.63) is 33.3 Å². The Balaban J connectivity index is 1.56. The van der Waals surface area contributed by atoms with Gasteiger partial charge < -0.3 is 42.5 Å². The Kier molecular flexibility index (Phi) is 17.2. The first-order valence-electron chi connectivity index (χ1n) is 14.9. The zero-order chi connectivity index (χ0) is 26.7. The van der Waals surface area contributed by atoms with Crippen molar-refractivity contribution in [2.75, 3.05) is 91.6 Å². The lowest BCUT2D eigenvalue weighted by atomic mass is 9.99. The third-order valence-corrected chi connectivity index (χ3v) is 8.26. The number of hydrogen-bond acceptors (Lipinski definition) is 8. The van der Waals surface area contributed by atoms with Crippen LogP contribution in [0.15, 0.2) is 12.1 Å². The minimum absolute atomic E-state index is 0.319. The summed E-state index contributed by atoms with van der Waals surface area (Å²) in [4.78, 5) is 0. The lowest BCUT2D eigenvalue weighted by Gasteiger charge is -2.23. The van der Waals surface area contributed by atoms with E-state index in [1.807, 2.05) is 0 Å². The van der Waals surface area contributed by atoms with Gasteiger partial charge in [0.25, 0.3) is 0 Å². The van der Waals surface area contributed by atoms with Gasteiger partial charge in [-0.05, 0) is 95.5 Å². The van der Waals surface area contributed by atoms with Crippen LogP contribution in [0, 0.1) is 0 Å². The largest absolute Gasteiger partial charge is 0.315 e. The second kappa shape index (κ2) is 20.4. The first kappa shape index (κ1) is 32.0. The number of hydrogen-bond donors (Lipinski definition) is 8. The Hall–Kier alpha value is -0.520. The molecule has 1 aromatic carbocycles. The van der Waals surface area contributed by atoms with Gasteiger partial charge in [0.2, 0.25) is 0 Å². The monoisotopic (exact) mass is 570 g/mol. The van der Waals surface area contributed by atoms with Crippen molar-refractivity contribution >= 4 is 23.2 Å². The quantitative estimate of drug-likeness (QED) is 0.273. The highest BCUT2D eigenvalue weighted by Crippen LogP contribution is 2.31. The first-order valence-corrected chi connectivity index (χ1v) is 15.7. The average Bonchev–Trinajstić information content (AvgIpc) is 2.92. The Morgan fingerprint density at radius 3 is 1.55 bits per heavy atom. The Morgan fingerprint density at radius 2 is 0.947 bits per heavy atom. The van der Waals surface area contributed by atoms with E-state index in [1.165, 1.54) is 0 Å². The third kappa shape index (κ3) is 13.2. The van der Waals surface area contributed by atoms with E-state index < -0.39 is 0 Å².